The van der Waals surface area contributed by atoms with Crippen molar-refractivity contribution in [2.75, 3.05) is 33.2 Å². The Labute approximate surface area is 93.7 Å². The van der Waals surface area contributed by atoms with Crippen LogP contribution in [0.5, 0.6) is 0 Å². The molecule has 86 valence electrons. The fraction of sp³-hybridized carbons (Fsp3) is 0.917. The molecule has 1 unspecified atom stereocenters. The number of unbranched alkanes of at least 4 members (excludes halogenated alkanes) is 1. The Morgan fingerprint density at radius 3 is 2.87 bits per heavy atom. The molecule has 1 saturated heterocycles. The predicted octanol–water partition coefficient (Wildman–Crippen LogP) is 1.71. The Morgan fingerprint density at radius 2 is 2.20 bits per heavy atom. The van der Waals surface area contributed by atoms with E-state index < -0.39 is 0 Å². The zero-order valence-electron chi connectivity index (χ0n) is 10.1. The molecule has 1 aliphatic rings. The maximum atomic E-state index is 8.84. The quantitative estimate of drug-likeness (QED) is 0.706. The summed E-state index contributed by atoms with van der Waals surface area (Å²) in [6, 6.07) is 2.78. The van der Waals surface area contributed by atoms with Gasteiger partial charge in [0.05, 0.1) is 12.5 Å². The Bertz CT molecular complexity index is 207. The molecule has 0 aliphatic carbocycles. The first-order valence-corrected chi connectivity index (χ1v) is 6.07. The molecule has 3 heteroatoms. The van der Waals surface area contributed by atoms with E-state index >= 15 is 0 Å². The highest BCUT2D eigenvalue weighted by Crippen LogP contribution is 2.12. The third-order valence-electron chi connectivity index (χ3n) is 3.15. The lowest BCUT2D eigenvalue weighted by Gasteiger charge is -2.29. The lowest BCUT2D eigenvalue weighted by molar-refractivity contribution is 0.188. The first kappa shape index (κ1) is 12.5. The number of nitrogens with zero attached hydrogens (tertiary/aromatic N) is 3. The van der Waals surface area contributed by atoms with E-state index in [0.717, 1.165) is 19.6 Å². The Balaban J connectivity index is 2.51. The van der Waals surface area contributed by atoms with Gasteiger partial charge in [-0.15, -0.1) is 0 Å². The van der Waals surface area contributed by atoms with Crippen LogP contribution < -0.4 is 0 Å². The van der Waals surface area contributed by atoms with Crippen molar-refractivity contribution < 1.29 is 0 Å². The minimum Gasteiger partial charge on any atom is -0.305 e. The lowest BCUT2D eigenvalue weighted by atomic mass is 10.1. The molecule has 0 N–H and O–H groups in total. The first-order valence-electron chi connectivity index (χ1n) is 6.07. The number of hydrogen-bond acceptors (Lipinski definition) is 3. The van der Waals surface area contributed by atoms with Crippen LogP contribution in [0.2, 0.25) is 0 Å². The minimum atomic E-state index is 0.453. The molecule has 1 atom stereocenters. The maximum Gasteiger partial charge on any atom is 0.0638 e. The summed E-state index contributed by atoms with van der Waals surface area (Å²) in [5.41, 5.74) is 0. The van der Waals surface area contributed by atoms with Gasteiger partial charge in [0.2, 0.25) is 0 Å². The number of nitriles is 1. The third-order valence-corrected chi connectivity index (χ3v) is 3.15. The van der Waals surface area contributed by atoms with Crippen LogP contribution in [0.25, 0.3) is 0 Å². The van der Waals surface area contributed by atoms with Gasteiger partial charge in [-0.1, -0.05) is 13.3 Å². The molecule has 1 fully saturated rings. The van der Waals surface area contributed by atoms with Crippen molar-refractivity contribution in [2.24, 2.45) is 0 Å². The Hall–Kier alpha value is -0.590. The molecule has 0 amide bonds. The van der Waals surface area contributed by atoms with E-state index in [-0.39, 0.29) is 0 Å². The van der Waals surface area contributed by atoms with E-state index in [0.29, 0.717) is 12.5 Å². The predicted molar refractivity (Wildman–Crippen MR) is 62.6 cm³/mol. The van der Waals surface area contributed by atoms with Gasteiger partial charge in [-0.2, -0.15) is 5.26 Å². The summed E-state index contributed by atoms with van der Waals surface area (Å²) in [5.74, 6) is 0. The highest BCUT2D eigenvalue weighted by atomic mass is 15.2. The van der Waals surface area contributed by atoms with Gasteiger partial charge in [-0.3, -0.25) is 4.90 Å². The zero-order chi connectivity index (χ0) is 11.1. The van der Waals surface area contributed by atoms with Crippen LogP contribution in [-0.2, 0) is 0 Å². The number of hydrogen-bond donors (Lipinski definition) is 0. The van der Waals surface area contributed by atoms with Gasteiger partial charge in [0.1, 0.15) is 0 Å². The zero-order valence-corrected chi connectivity index (χ0v) is 10.1. The van der Waals surface area contributed by atoms with Gasteiger partial charge >= 0.3 is 0 Å². The summed E-state index contributed by atoms with van der Waals surface area (Å²) in [6.45, 7) is 6.78. The maximum absolute atomic E-state index is 8.84. The van der Waals surface area contributed by atoms with Crippen LogP contribution in [0.1, 0.15) is 32.6 Å². The fourth-order valence-corrected chi connectivity index (χ4v) is 2.25. The third kappa shape index (κ3) is 4.19. The van der Waals surface area contributed by atoms with E-state index in [1.807, 2.05) is 0 Å². The number of likely N-dealkylation sites (N-methyl/N-ethyl adjacent to an activating group) is 1. The molecule has 0 aromatic heterocycles. The standard InChI is InChI=1S/C12H23N3/c1-3-4-9-15-10-5-8-14(2)11-12(15)6-7-13/h12H,3-6,8-11H2,1-2H3. The van der Waals surface area contributed by atoms with Gasteiger partial charge in [0, 0.05) is 12.6 Å². The summed E-state index contributed by atoms with van der Waals surface area (Å²) < 4.78 is 0. The molecule has 3 nitrogen and oxygen atoms in total. The molecule has 1 aliphatic heterocycles. The average Bonchev–Trinajstić information content (AvgIpc) is 2.38. The topological polar surface area (TPSA) is 30.3 Å². The fourth-order valence-electron chi connectivity index (χ4n) is 2.25. The normalized spacial score (nSPS) is 24.7. The summed E-state index contributed by atoms with van der Waals surface area (Å²) in [7, 11) is 2.16. The van der Waals surface area contributed by atoms with Gasteiger partial charge in [-0.05, 0) is 39.5 Å². The molecule has 1 heterocycles. The molecule has 0 aromatic rings. The van der Waals surface area contributed by atoms with Gasteiger partial charge in [0.25, 0.3) is 0 Å². The molecule has 1 rings (SSSR count). The second kappa shape index (κ2) is 6.81. The highest BCUT2D eigenvalue weighted by molar-refractivity contribution is 4.86. The van der Waals surface area contributed by atoms with Crippen LogP contribution in [0, 0.1) is 11.3 Å². The van der Waals surface area contributed by atoms with Gasteiger partial charge < -0.3 is 4.90 Å². The Kier molecular flexibility index (Phi) is 5.67. The molecule has 0 radical (unpaired) electrons. The molecular formula is C12H23N3. The van der Waals surface area contributed by atoms with E-state index in [4.69, 9.17) is 5.26 Å². The Morgan fingerprint density at radius 1 is 1.40 bits per heavy atom. The summed E-state index contributed by atoms with van der Waals surface area (Å²) >= 11 is 0. The van der Waals surface area contributed by atoms with Crippen molar-refractivity contribution >= 4 is 0 Å². The molecule has 0 aromatic carbocycles. The summed E-state index contributed by atoms with van der Waals surface area (Å²) in [6.07, 6.45) is 4.41. The van der Waals surface area contributed by atoms with Crippen LogP contribution in [0.3, 0.4) is 0 Å². The van der Waals surface area contributed by atoms with E-state index in [9.17, 15) is 0 Å². The van der Waals surface area contributed by atoms with Crippen LogP contribution in [-0.4, -0.2) is 49.1 Å². The average molecular weight is 209 g/mol. The molecule has 0 bridgehead atoms. The van der Waals surface area contributed by atoms with Crippen LogP contribution in [0.4, 0.5) is 0 Å². The molecule has 15 heavy (non-hydrogen) atoms. The van der Waals surface area contributed by atoms with Crippen molar-refractivity contribution in [1.82, 2.24) is 9.80 Å². The molecule has 0 spiro atoms. The van der Waals surface area contributed by atoms with E-state index in [1.165, 1.54) is 25.8 Å². The van der Waals surface area contributed by atoms with Crippen molar-refractivity contribution in [2.45, 2.75) is 38.6 Å². The summed E-state index contributed by atoms with van der Waals surface area (Å²) in [5, 5.41) is 8.84. The van der Waals surface area contributed by atoms with E-state index in [1.54, 1.807) is 0 Å². The first-order chi connectivity index (χ1) is 7.27. The van der Waals surface area contributed by atoms with Crippen molar-refractivity contribution in [3.8, 4) is 6.07 Å². The van der Waals surface area contributed by atoms with Crippen LogP contribution in [0.15, 0.2) is 0 Å². The minimum absolute atomic E-state index is 0.453. The van der Waals surface area contributed by atoms with E-state index in [2.05, 4.69) is 29.8 Å². The van der Waals surface area contributed by atoms with Crippen molar-refractivity contribution in [3.05, 3.63) is 0 Å². The lowest BCUT2D eigenvalue weighted by Crippen LogP contribution is -2.40. The highest BCUT2D eigenvalue weighted by Gasteiger charge is 2.22. The molecule has 0 saturated carbocycles. The largest absolute Gasteiger partial charge is 0.305 e. The van der Waals surface area contributed by atoms with Crippen molar-refractivity contribution in [3.63, 3.8) is 0 Å². The van der Waals surface area contributed by atoms with Gasteiger partial charge in [-0.25, -0.2) is 0 Å². The monoisotopic (exact) mass is 209 g/mol. The molecular weight excluding hydrogens is 186 g/mol. The number of rotatable bonds is 4. The second-order valence-electron chi connectivity index (χ2n) is 4.52. The van der Waals surface area contributed by atoms with Crippen LogP contribution >= 0.6 is 0 Å². The SMILES string of the molecule is CCCCN1CCCN(C)CC1CC#N. The smallest absolute Gasteiger partial charge is 0.0638 e. The summed E-state index contributed by atoms with van der Waals surface area (Å²) in [4.78, 5) is 4.87. The van der Waals surface area contributed by atoms with Crippen molar-refractivity contribution in [1.29, 1.82) is 5.26 Å². The second-order valence-corrected chi connectivity index (χ2v) is 4.52. The van der Waals surface area contributed by atoms with Gasteiger partial charge in [0.15, 0.2) is 0 Å².